The number of nitrogens with two attached hydrogens (primary N) is 2. The highest BCUT2D eigenvalue weighted by atomic mass is 15.3. The van der Waals surface area contributed by atoms with E-state index < -0.39 is 0 Å². The minimum atomic E-state index is -0.0480. The van der Waals surface area contributed by atoms with Crippen LogP contribution in [0.15, 0.2) is 46.6 Å². The first-order valence-electron chi connectivity index (χ1n) is 4.86. The maximum atomic E-state index is 5.23. The van der Waals surface area contributed by atoms with Gasteiger partial charge in [0, 0.05) is 12.6 Å². The third kappa shape index (κ3) is 1.88. The average molecular weight is 215 g/mol. The number of hydrogen-bond donors (Lipinski definition) is 2. The highest BCUT2D eigenvalue weighted by molar-refractivity contribution is 5.78. The van der Waals surface area contributed by atoms with E-state index in [0.29, 0.717) is 5.49 Å². The Labute approximate surface area is 92.7 Å². The van der Waals surface area contributed by atoms with Gasteiger partial charge in [0.2, 0.25) is 5.96 Å². The van der Waals surface area contributed by atoms with Crippen LogP contribution in [0.5, 0.6) is 0 Å². The molecule has 0 saturated carbocycles. The van der Waals surface area contributed by atoms with Crippen molar-refractivity contribution in [2.45, 2.75) is 0 Å². The van der Waals surface area contributed by atoms with Crippen LogP contribution in [0.2, 0.25) is 0 Å². The molecule has 0 saturated heterocycles. The van der Waals surface area contributed by atoms with Gasteiger partial charge in [-0.2, -0.15) is 0 Å². The molecular formula is C11H13N5. The fourth-order valence-electron chi connectivity index (χ4n) is 1.54. The van der Waals surface area contributed by atoms with Crippen LogP contribution < -0.4 is 17.0 Å². The van der Waals surface area contributed by atoms with Gasteiger partial charge in [0.15, 0.2) is 5.49 Å². The predicted octanol–water partition coefficient (Wildman–Crippen LogP) is 0.267. The van der Waals surface area contributed by atoms with Crippen LogP contribution in [0.4, 0.5) is 0 Å². The number of rotatable bonds is 1. The Hall–Kier alpha value is -2.30. The molecule has 0 radical (unpaired) electrons. The summed E-state index contributed by atoms with van der Waals surface area (Å²) in [5, 5.41) is 8.74. The van der Waals surface area contributed by atoms with Crippen LogP contribution >= 0.6 is 0 Å². The van der Waals surface area contributed by atoms with E-state index in [1.807, 2.05) is 48.0 Å². The second-order valence-electron chi connectivity index (χ2n) is 3.43. The molecule has 0 bridgehead atoms. The molecule has 0 aliphatic heterocycles. The quantitative estimate of drug-likeness (QED) is 0.406. The molecule has 2 aromatic rings. The monoisotopic (exact) mass is 215 g/mol. The summed E-state index contributed by atoms with van der Waals surface area (Å²) in [6.45, 7) is 0. The van der Waals surface area contributed by atoms with Gasteiger partial charge < -0.3 is 16.0 Å². The molecule has 0 unspecified atom stereocenters. The zero-order chi connectivity index (χ0) is 11.5. The normalized spacial score (nSPS) is 11.7. The lowest BCUT2D eigenvalue weighted by atomic mass is 10.2. The van der Waals surface area contributed by atoms with Crippen LogP contribution in [-0.4, -0.2) is 10.5 Å². The number of pyridine rings is 1. The Morgan fingerprint density at radius 2 is 1.88 bits per heavy atom. The van der Waals surface area contributed by atoms with Crippen LogP contribution in [-0.2, 0) is 7.05 Å². The molecule has 1 aromatic heterocycles. The van der Waals surface area contributed by atoms with Crippen LogP contribution in [0.1, 0.15) is 0 Å². The van der Waals surface area contributed by atoms with E-state index in [4.69, 9.17) is 11.5 Å². The van der Waals surface area contributed by atoms with E-state index in [1.54, 1.807) is 0 Å². The molecule has 0 aliphatic rings. The largest absolute Gasteiger partial charge is 0.369 e. The fraction of sp³-hybridized carbons (Fsp3) is 0.0909. The maximum Gasteiger partial charge on any atom is 0.211 e. The number of para-hydroxylation sites is 1. The molecule has 0 aliphatic carbocycles. The molecule has 0 fully saturated rings. The van der Waals surface area contributed by atoms with E-state index in [-0.39, 0.29) is 5.96 Å². The summed E-state index contributed by atoms with van der Waals surface area (Å²) in [6.07, 6.45) is 0. The lowest BCUT2D eigenvalue weighted by Crippen LogP contribution is -2.23. The Bertz CT molecular complexity index is 605. The molecule has 0 atom stereocenters. The molecule has 82 valence electrons. The van der Waals surface area contributed by atoms with Gasteiger partial charge in [0.1, 0.15) is 0 Å². The minimum absolute atomic E-state index is 0.0480. The van der Waals surface area contributed by atoms with Crippen molar-refractivity contribution in [2.24, 2.45) is 28.7 Å². The van der Waals surface area contributed by atoms with E-state index in [9.17, 15) is 0 Å². The summed E-state index contributed by atoms with van der Waals surface area (Å²) in [5.74, 6) is -0.0480. The summed E-state index contributed by atoms with van der Waals surface area (Å²) < 4.78 is 1.93. The third-order valence-corrected chi connectivity index (χ3v) is 2.32. The zero-order valence-corrected chi connectivity index (χ0v) is 8.96. The van der Waals surface area contributed by atoms with Crippen molar-refractivity contribution in [3.8, 4) is 0 Å². The highest BCUT2D eigenvalue weighted by Crippen LogP contribution is 2.09. The van der Waals surface area contributed by atoms with Crippen molar-refractivity contribution in [3.63, 3.8) is 0 Å². The van der Waals surface area contributed by atoms with Gasteiger partial charge in [-0.1, -0.05) is 18.2 Å². The summed E-state index contributed by atoms with van der Waals surface area (Å²) in [6, 6.07) is 11.9. The molecule has 1 aromatic carbocycles. The Balaban J connectivity index is 2.70. The molecule has 0 amide bonds. The van der Waals surface area contributed by atoms with E-state index in [2.05, 4.69) is 10.2 Å². The highest BCUT2D eigenvalue weighted by Gasteiger charge is 1.95. The molecule has 5 heteroatoms. The fourth-order valence-corrected chi connectivity index (χ4v) is 1.54. The smallest absolute Gasteiger partial charge is 0.211 e. The van der Waals surface area contributed by atoms with Gasteiger partial charge in [-0.3, -0.25) is 0 Å². The first-order chi connectivity index (χ1) is 7.68. The summed E-state index contributed by atoms with van der Waals surface area (Å²) in [5.41, 5.74) is 12.2. The minimum Gasteiger partial charge on any atom is -0.369 e. The molecular weight excluding hydrogens is 202 g/mol. The lowest BCUT2D eigenvalue weighted by Gasteiger charge is -2.04. The number of guanidine groups is 1. The third-order valence-electron chi connectivity index (χ3n) is 2.32. The van der Waals surface area contributed by atoms with Crippen molar-refractivity contribution >= 4 is 16.9 Å². The number of aromatic nitrogens is 1. The van der Waals surface area contributed by atoms with Crippen molar-refractivity contribution < 1.29 is 0 Å². The molecule has 16 heavy (non-hydrogen) atoms. The maximum absolute atomic E-state index is 5.23. The number of hydrogen-bond acceptors (Lipinski definition) is 2. The van der Waals surface area contributed by atoms with Crippen molar-refractivity contribution in [1.82, 2.24) is 4.57 Å². The van der Waals surface area contributed by atoms with Crippen molar-refractivity contribution in [3.05, 3.63) is 41.9 Å². The second-order valence-corrected chi connectivity index (χ2v) is 3.43. The molecule has 5 nitrogen and oxygen atoms in total. The Morgan fingerprint density at radius 3 is 2.62 bits per heavy atom. The van der Waals surface area contributed by atoms with E-state index >= 15 is 0 Å². The van der Waals surface area contributed by atoms with Crippen LogP contribution in [0.3, 0.4) is 0 Å². The van der Waals surface area contributed by atoms with E-state index in [1.165, 1.54) is 0 Å². The van der Waals surface area contributed by atoms with Crippen LogP contribution in [0.25, 0.3) is 10.9 Å². The Morgan fingerprint density at radius 1 is 1.12 bits per heavy atom. The first kappa shape index (κ1) is 10.2. The zero-order valence-electron chi connectivity index (χ0n) is 8.96. The van der Waals surface area contributed by atoms with Crippen LogP contribution in [0, 0.1) is 0 Å². The number of aryl methyl sites for hydroxylation is 1. The predicted molar refractivity (Wildman–Crippen MR) is 64.3 cm³/mol. The van der Waals surface area contributed by atoms with Gasteiger partial charge in [-0.25, -0.2) is 0 Å². The number of benzene rings is 1. The van der Waals surface area contributed by atoms with Gasteiger partial charge in [-0.05, 0) is 23.6 Å². The van der Waals surface area contributed by atoms with Gasteiger partial charge >= 0.3 is 0 Å². The summed E-state index contributed by atoms with van der Waals surface area (Å²) in [4.78, 5) is 0. The standard InChI is InChI=1S/C11H13N5/c1-16-9-5-3-2-4-8(9)6-7-10(16)14-15-11(12)13/h2-7H,1H3,(H4,12,13,15)/b14-10-. The molecule has 4 N–H and O–H groups in total. The topological polar surface area (TPSA) is 81.7 Å². The van der Waals surface area contributed by atoms with Gasteiger partial charge in [0.05, 0.1) is 0 Å². The summed E-state index contributed by atoms with van der Waals surface area (Å²) >= 11 is 0. The average Bonchev–Trinajstić information content (AvgIpc) is 2.28. The Kier molecular flexibility index (Phi) is 2.59. The second kappa shape index (κ2) is 4.06. The molecule has 2 rings (SSSR count). The molecule has 0 spiro atoms. The van der Waals surface area contributed by atoms with Gasteiger partial charge in [0.25, 0.3) is 0 Å². The first-order valence-corrected chi connectivity index (χ1v) is 4.86. The summed E-state index contributed by atoms with van der Waals surface area (Å²) in [7, 11) is 1.92. The van der Waals surface area contributed by atoms with Gasteiger partial charge in [-0.15, -0.1) is 10.2 Å². The number of fused-ring (bicyclic) bond motifs is 1. The van der Waals surface area contributed by atoms with Crippen molar-refractivity contribution in [1.29, 1.82) is 0 Å². The number of nitrogens with zero attached hydrogens (tertiary/aromatic N) is 3. The lowest BCUT2D eigenvalue weighted by molar-refractivity contribution is 0.852. The molecule has 1 heterocycles. The van der Waals surface area contributed by atoms with Crippen molar-refractivity contribution in [2.75, 3.05) is 0 Å². The van der Waals surface area contributed by atoms with E-state index in [0.717, 1.165) is 10.9 Å². The SMILES string of the molecule is Cn1/c(=N\N=C(N)N)ccc2ccccc21.